The van der Waals surface area contributed by atoms with Gasteiger partial charge in [-0.25, -0.2) is 4.39 Å². The first-order valence-corrected chi connectivity index (χ1v) is 14.2. The molecule has 0 saturated carbocycles. The fraction of sp³-hybridized carbons (Fsp3) is 0.242. The largest absolute Gasteiger partial charge is 0.367 e. The highest BCUT2D eigenvalue weighted by Gasteiger charge is 2.30. The van der Waals surface area contributed by atoms with E-state index in [0.717, 1.165) is 43.0 Å². The van der Waals surface area contributed by atoms with Gasteiger partial charge in [-0.15, -0.1) is 0 Å². The molecule has 6 rings (SSSR count). The lowest BCUT2D eigenvalue weighted by atomic mass is 9.92. The molecule has 7 nitrogen and oxygen atoms in total. The van der Waals surface area contributed by atoms with E-state index < -0.39 is 0 Å². The maximum absolute atomic E-state index is 15.7. The average Bonchev–Trinajstić information content (AvgIpc) is 3.49. The smallest absolute Gasteiger partial charge is 0.235 e. The van der Waals surface area contributed by atoms with Crippen molar-refractivity contribution in [2.75, 3.05) is 43.0 Å². The van der Waals surface area contributed by atoms with Crippen LogP contribution in [0.4, 0.5) is 15.8 Å². The van der Waals surface area contributed by atoms with Crippen molar-refractivity contribution >= 4 is 34.1 Å². The van der Waals surface area contributed by atoms with Crippen LogP contribution in [-0.2, 0) is 6.54 Å². The number of hydrogen-bond acceptors (Lipinski definition) is 7. The van der Waals surface area contributed by atoms with Gasteiger partial charge in [-0.1, -0.05) is 65.8 Å². The molecular formula is C33H30ClFN6O. The van der Waals surface area contributed by atoms with Gasteiger partial charge in [-0.05, 0) is 48.0 Å². The maximum atomic E-state index is 15.7. The van der Waals surface area contributed by atoms with Crippen molar-refractivity contribution in [1.82, 2.24) is 15.0 Å². The zero-order valence-corrected chi connectivity index (χ0v) is 24.1. The van der Waals surface area contributed by atoms with Gasteiger partial charge in [0.15, 0.2) is 0 Å². The van der Waals surface area contributed by atoms with Crippen molar-refractivity contribution in [3.8, 4) is 6.07 Å². The SMILES string of the molecule is C=C1C(c2noc(C(CC#N)c3ccccc3)n2)=CN(Cc2ccc(Cl)cc2)c2cc(N3CCN(C)CC3)c(F)cc21. The van der Waals surface area contributed by atoms with Crippen LogP contribution < -0.4 is 9.80 Å². The minimum Gasteiger partial charge on any atom is -0.367 e. The summed E-state index contributed by atoms with van der Waals surface area (Å²) in [6.45, 7) is 8.10. The van der Waals surface area contributed by atoms with E-state index in [2.05, 4.69) is 39.6 Å². The second-order valence-electron chi connectivity index (χ2n) is 10.7. The number of piperazine rings is 1. The fourth-order valence-corrected chi connectivity index (χ4v) is 5.61. The van der Waals surface area contributed by atoms with Gasteiger partial charge in [-0.2, -0.15) is 10.2 Å². The number of allylic oxidation sites excluding steroid dienone is 2. The molecule has 2 aliphatic rings. The second kappa shape index (κ2) is 11.8. The Bertz CT molecular complexity index is 1670. The Kier molecular flexibility index (Phi) is 7.79. The molecule has 1 atom stereocenters. The lowest BCUT2D eigenvalue weighted by molar-refractivity contribution is 0.311. The van der Waals surface area contributed by atoms with Crippen molar-refractivity contribution in [3.05, 3.63) is 119 Å². The zero-order chi connectivity index (χ0) is 29.2. The van der Waals surface area contributed by atoms with E-state index in [1.165, 1.54) is 0 Å². The summed E-state index contributed by atoms with van der Waals surface area (Å²) >= 11 is 6.15. The number of anilines is 2. The van der Waals surface area contributed by atoms with Crippen LogP contribution in [0, 0.1) is 17.1 Å². The van der Waals surface area contributed by atoms with Gasteiger partial charge in [-0.3, -0.25) is 0 Å². The minimum atomic E-state index is -0.365. The third kappa shape index (κ3) is 5.54. The Morgan fingerprint density at radius 3 is 2.50 bits per heavy atom. The molecule has 3 aromatic carbocycles. The Morgan fingerprint density at radius 1 is 1.05 bits per heavy atom. The van der Waals surface area contributed by atoms with E-state index in [0.29, 0.717) is 45.7 Å². The summed E-state index contributed by atoms with van der Waals surface area (Å²) < 4.78 is 21.4. The van der Waals surface area contributed by atoms with Gasteiger partial charge in [0.1, 0.15) is 5.82 Å². The van der Waals surface area contributed by atoms with E-state index in [1.807, 2.05) is 66.9 Å². The number of halogens is 2. The van der Waals surface area contributed by atoms with Crippen LogP contribution in [0.15, 0.2) is 84.0 Å². The average molecular weight is 581 g/mol. The molecule has 4 aromatic rings. The summed E-state index contributed by atoms with van der Waals surface area (Å²) in [5.74, 6) is 0.0253. The van der Waals surface area contributed by atoms with E-state index >= 15 is 4.39 Å². The van der Waals surface area contributed by atoms with Crippen LogP contribution in [0.3, 0.4) is 0 Å². The lowest BCUT2D eigenvalue weighted by Gasteiger charge is -2.36. The van der Waals surface area contributed by atoms with Gasteiger partial charge in [0.05, 0.1) is 29.8 Å². The van der Waals surface area contributed by atoms with Crippen LogP contribution in [0.25, 0.3) is 11.1 Å². The van der Waals surface area contributed by atoms with E-state index in [1.54, 1.807) is 6.07 Å². The summed E-state index contributed by atoms with van der Waals surface area (Å²) in [6.07, 6.45) is 2.14. The number of nitriles is 1. The molecule has 3 heterocycles. The zero-order valence-electron chi connectivity index (χ0n) is 23.3. The fourth-order valence-electron chi connectivity index (χ4n) is 5.49. The van der Waals surface area contributed by atoms with Gasteiger partial charge in [0.25, 0.3) is 0 Å². The third-order valence-electron chi connectivity index (χ3n) is 7.90. The third-order valence-corrected chi connectivity index (χ3v) is 8.15. The van der Waals surface area contributed by atoms with Gasteiger partial charge in [0.2, 0.25) is 11.7 Å². The maximum Gasteiger partial charge on any atom is 0.235 e. The van der Waals surface area contributed by atoms with Crippen LogP contribution in [0.2, 0.25) is 5.02 Å². The first-order chi connectivity index (χ1) is 20.4. The Morgan fingerprint density at radius 2 is 1.79 bits per heavy atom. The predicted molar refractivity (Wildman–Crippen MR) is 164 cm³/mol. The Balaban J connectivity index is 1.40. The first kappa shape index (κ1) is 27.7. The number of nitrogens with zero attached hydrogens (tertiary/aromatic N) is 6. The minimum absolute atomic E-state index is 0.192. The molecule has 1 fully saturated rings. The van der Waals surface area contributed by atoms with Crippen LogP contribution in [-0.4, -0.2) is 48.3 Å². The summed E-state index contributed by atoms with van der Waals surface area (Å²) in [4.78, 5) is 11.1. The first-order valence-electron chi connectivity index (χ1n) is 13.9. The molecule has 0 amide bonds. The lowest BCUT2D eigenvalue weighted by Crippen LogP contribution is -2.44. The molecule has 1 saturated heterocycles. The van der Waals surface area contributed by atoms with Gasteiger partial charge in [0, 0.05) is 55.1 Å². The number of rotatable bonds is 7. The Hall–Kier alpha value is -4.45. The molecule has 9 heteroatoms. The highest BCUT2D eigenvalue weighted by molar-refractivity contribution is 6.30. The molecule has 0 radical (unpaired) electrons. The molecule has 1 aromatic heterocycles. The second-order valence-corrected chi connectivity index (χ2v) is 11.1. The van der Waals surface area contributed by atoms with Crippen molar-refractivity contribution in [1.29, 1.82) is 5.26 Å². The number of hydrogen-bond donors (Lipinski definition) is 0. The van der Waals surface area contributed by atoms with Crippen molar-refractivity contribution < 1.29 is 8.91 Å². The molecule has 0 aliphatic carbocycles. The van der Waals surface area contributed by atoms with Gasteiger partial charge >= 0.3 is 0 Å². The predicted octanol–water partition coefficient (Wildman–Crippen LogP) is 6.73. The topological polar surface area (TPSA) is 72.4 Å². The van der Waals surface area contributed by atoms with Crippen LogP contribution >= 0.6 is 11.6 Å². The standard InChI is InChI=1S/C33H30ClFN6O/c1-22-27-18-29(35)31(40-16-14-39(2)15-17-40)19-30(27)41(20-23-8-10-25(34)11-9-23)21-28(22)32-37-33(42-38-32)26(12-13-36)24-6-4-3-5-7-24/h3-11,18-19,21,26H,1,12,14-17,20H2,2H3. The van der Waals surface area contributed by atoms with Crippen molar-refractivity contribution in [3.63, 3.8) is 0 Å². The molecule has 1 unspecified atom stereocenters. The van der Waals surface area contributed by atoms with Crippen LogP contribution in [0.1, 0.15) is 40.7 Å². The van der Waals surface area contributed by atoms with Crippen molar-refractivity contribution in [2.45, 2.75) is 18.9 Å². The quantitative estimate of drug-likeness (QED) is 0.240. The van der Waals surface area contributed by atoms with Crippen LogP contribution in [0.5, 0.6) is 0 Å². The summed E-state index contributed by atoms with van der Waals surface area (Å²) in [7, 11) is 2.08. The normalized spacial score (nSPS) is 16.1. The molecule has 2 aliphatic heterocycles. The monoisotopic (exact) mass is 580 g/mol. The highest BCUT2D eigenvalue weighted by Crippen LogP contribution is 2.44. The number of aromatic nitrogens is 2. The molecule has 0 bridgehead atoms. The number of benzene rings is 3. The molecule has 42 heavy (non-hydrogen) atoms. The van der Waals surface area contributed by atoms with E-state index in [4.69, 9.17) is 21.1 Å². The number of fused-ring (bicyclic) bond motifs is 1. The van der Waals surface area contributed by atoms with E-state index in [9.17, 15) is 5.26 Å². The molecular weight excluding hydrogens is 551 g/mol. The van der Waals surface area contributed by atoms with E-state index in [-0.39, 0.29) is 18.2 Å². The summed E-state index contributed by atoms with van der Waals surface area (Å²) in [6, 6.07) is 23.0. The number of likely N-dealkylation sites (N-methyl/N-ethyl adjacent to an activating group) is 1. The molecule has 0 spiro atoms. The summed E-state index contributed by atoms with van der Waals surface area (Å²) in [5.41, 5.74) is 5.28. The van der Waals surface area contributed by atoms with Crippen molar-refractivity contribution in [2.24, 2.45) is 0 Å². The highest BCUT2D eigenvalue weighted by atomic mass is 35.5. The Labute approximate surface area is 249 Å². The molecule has 0 N–H and O–H groups in total. The van der Waals surface area contributed by atoms with Gasteiger partial charge < -0.3 is 19.2 Å². The summed E-state index contributed by atoms with van der Waals surface area (Å²) in [5, 5.41) is 14.4. The molecule has 212 valence electrons.